The Bertz CT molecular complexity index is 919. The molecule has 0 unspecified atom stereocenters. The summed E-state index contributed by atoms with van der Waals surface area (Å²) in [5, 5.41) is 16.0. The highest BCUT2D eigenvalue weighted by atomic mass is 35.5. The molecule has 26 heavy (non-hydrogen) atoms. The van der Waals surface area contributed by atoms with Gasteiger partial charge < -0.3 is 10.2 Å². The van der Waals surface area contributed by atoms with Crippen molar-refractivity contribution in [1.82, 2.24) is 25.1 Å². The van der Waals surface area contributed by atoms with Crippen molar-refractivity contribution in [2.45, 2.75) is 19.4 Å². The third kappa shape index (κ3) is 3.48. The Balaban J connectivity index is 1.32. The van der Waals surface area contributed by atoms with Gasteiger partial charge in [-0.2, -0.15) is 4.52 Å². The first-order chi connectivity index (χ1) is 12.7. The Morgan fingerprint density at radius 3 is 2.81 bits per heavy atom. The van der Waals surface area contributed by atoms with Crippen LogP contribution >= 0.6 is 11.6 Å². The van der Waals surface area contributed by atoms with Crippen LogP contribution in [0.5, 0.6) is 0 Å². The van der Waals surface area contributed by atoms with Gasteiger partial charge in [0.25, 0.3) is 0 Å². The number of nitrogens with zero attached hydrogens (tertiary/aromatic N) is 5. The van der Waals surface area contributed by atoms with Gasteiger partial charge in [0.2, 0.25) is 5.91 Å². The van der Waals surface area contributed by atoms with Crippen LogP contribution in [-0.2, 0) is 11.3 Å². The third-order valence-corrected chi connectivity index (χ3v) is 5.12. The Labute approximate surface area is 156 Å². The number of aromatic nitrogens is 4. The Morgan fingerprint density at radius 2 is 2.00 bits per heavy atom. The standard InChI is InChI=1S/C18H19ClN6O/c19-15-4-2-1-3-14(15)11-20-18(26)13-7-9-24(10-8-13)17-6-5-16-22-21-12-25(16)23-17/h1-6,12-13H,7-11H2,(H,20,26). The van der Waals surface area contributed by atoms with Gasteiger partial charge >= 0.3 is 0 Å². The van der Waals surface area contributed by atoms with Crippen molar-refractivity contribution in [2.24, 2.45) is 5.92 Å². The van der Waals surface area contributed by atoms with Crippen molar-refractivity contribution in [2.75, 3.05) is 18.0 Å². The molecule has 7 nitrogen and oxygen atoms in total. The fraction of sp³-hybridized carbons (Fsp3) is 0.333. The molecule has 3 aromatic rings. The van der Waals surface area contributed by atoms with Crippen molar-refractivity contribution < 1.29 is 4.79 Å². The summed E-state index contributed by atoms with van der Waals surface area (Å²) in [5.74, 6) is 0.992. The van der Waals surface area contributed by atoms with E-state index in [1.165, 1.54) is 0 Å². The molecule has 0 bridgehead atoms. The van der Waals surface area contributed by atoms with Crippen LogP contribution in [0.25, 0.3) is 5.65 Å². The molecule has 1 fully saturated rings. The van der Waals surface area contributed by atoms with E-state index >= 15 is 0 Å². The summed E-state index contributed by atoms with van der Waals surface area (Å²) >= 11 is 6.14. The number of fused-ring (bicyclic) bond motifs is 1. The van der Waals surface area contributed by atoms with Crippen LogP contribution in [0.1, 0.15) is 18.4 Å². The monoisotopic (exact) mass is 370 g/mol. The minimum Gasteiger partial charge on any atom is -0.355 e. The van der Waals surface area contributed by atoms with Crippen LogP contribution in [0, 0.1) is 5.92 Å². The van der Waals surface area contributed by atoms with Gasteiger partial charge in [-0.1, -0.05) is 29.8 Å². The van der Waals surface area contributed by atoms with E-state index in [1.54, 1.807) is 10.8 Å². The highest BCUT2D eigenvalue weighted by Crippen LogP contribution is 2.22. The summed E-state index contributed by atoms with van der Waals surface area (Å²) in [5.41, 5.74) is 1.66. The lowest BCUT2D eigenvalue weighted by Gasteiger charge is -2.32. The highest BCUT2D eigenvalue weighted by molar-refractivity contribution is 6.31. The van der Waals surface area contributed by atoms with Gasteiger partial charge in [-0.3, -0.25) is 4.79 Å². The number of carbonyl (C=O) groups excluding carboxylic acids is 1. The topological polar surface area (TPSA) is 75.4 Å². The number of carbonyl (C=O) groups is 1. The van der Waals surface area contributed by atoms with Crippen molar-refractivity contribution >= 4 is 29.0 Å². The van der Waals surface area contributed by atoms with E-state index in [2.05, 4.69) is 25.5 Å². The zero-order chi connectivity index (χ0) is 17.9. The summed E-state index contributed by atoms with van der Waals surface area (Å²) in [4.78, 5) is 14.6. The predicted octanol–water partition coefficient (Wildman–Crippen LogP) is 2.31. The van der Waals surface area contributed by atoms with Crippen LogP contribution < -0.4 is 10.2 Å². The molecule has 1 N–H and O–H groups in total. The average molecular weight is 371 g/mol. The minimum atomic E-state index is 0.0207. The minimum absolute atomic E-state index is 0.0207. The van der Waals surface area contributed by atoms with Crippen LogP contribution in [0.15, 0.2) is 42.7 Å². The molecule has 0 saturated carbocycles. The number of anilines is 1. The van der Waals surface area contributed by atoms with Gasteiger partial charge in [0.05, 0.1) is 0 Å². The number of nitrogens with one attached hydrogen (secondary N) is 1. The number of hydrogen-bond acceptors (Lipinski definition) is 5. The Hall–Kier alpha value is -2.67. The van der Waals surface area contributed by atoms with Crippen LogP contribution in [0.2, 0.25) is 5.02 Å². The van der Waals surface area contributed by atoms with Crippen molar-refractivity contribution in [3.05, 3.63) is 53.3 Å². The SMILES string of the molecule is O=C(NCc1ccccc1Cl)C1CCN(c2ccc3nncn3n2)CC1. The van der Waals surface area contributed by atoms with E-state index < -0.39 is 0 Å². The second-order valence-corrected chi connectivity index (χ2v) is 6.80. The molecule has 2 aromatic heterocycles. The quantitative estimate of drug-likeness (QED) is 0.762. The van der Waals surface area contributed by atoms with Crippen molar-refractivity contribution in [1.29, 1.82) is 0 Å². The van der Waals surface area contributed by atoms with Gasteiger partial charge in [-0.05, 0) is 36.6 Å². The number of amides is 1. The number of halogens is 1. The first-order valence-electron chi connectivity index (χ1n) is 8.64. The zero-order valence-corrected chi connectivity index (χ0v) is 14.9. The molecule has 3 heterocycles. The molecule has 8 heteroatoms. The summed E-state index contributed by atoms with van der Waals surface area (Å²) in [6, 6.07) is 11.4. The maximum absolute atomic E-state index is 12.5. The molecule has 1 aliphatic heterocycles. The Kier molecular flexibility index (Phi) is 4.71. The molecule has 0 atom stereocenters. The molecular weight excluding hydrogens is 352 g/mol. The number of hydrogen-bond donors (Lipinski definition) is 1. The van der Waals surface area contributed by atoms with E-state index in [9.17, 15) is 4.79 Å². The van der Waals surface area contributed by atoms with E-state index in [4.69, 9.17) is 11.6 Å². The number of rotatable bonds is 4. The van der Waals surface area contributed by atoms with E-state index in [-0.39, 0.29) is 11.8 Å². The summed E-state index contributed by atoms with van der Waals surface area (Å²) < 4.78 is 1.66. The molecule has 0 spiro atoms. The first-order valence-corrected chi connectivity index (χ1v) is 9.01. The zero-order valence-electron chi connectivity index (χ0n) is 14.2. The van der Waals surface area contributed by atoms with Gasteiger partial charge in [-0.25, -0.2) is 0 Å². The van der Waals surface area contributed by atoms with Crippen molar-refractivity contribution in [3.63, 3.8) is 0 Å². The first kappa shape index (κ1) is 16.8. The molecule has 1 aromatic carbocycles. The summed E-state index contributed by atoms with van der Waals surface area (Å²) in [7, 11) is 0. The fourth-order valence-electron chi connectivity index (χ4n) is 3.23. The molecule has 4 rings (SSSR count). The van der Waals surface area contributed by atoms with Crippen molar-refractivity contribution in [3.8, 4) is 0 Å². The van der Waals surface area contributed by atoms with Crippen LogP contribution in [0.4, 0.5) is 5.82 Å². The maximum atomic E-state index is 12.5. The second-order valence-electron chi connectivity index (χ2n) is 6.40. The molecular formula is C18H19ClN6O. The molecule has 1 aliphatic rings. The number of piperidine rings is 1. The second kappa shape index (κ2) is 7.29. The van der Waals surface area contributed by atoms with Gasteiger partial charge in [0, 0.05) is 30.6 Å². The largest absolute Gasteiger partial charge is 0.355 e. The maximum Gasteiger partial charge on any atom is 0.223 e. The van der Waals surface area contributed by atoms with E-state index in [1.807, 2.05) is 36.4 Å². The lowest BCUT2D eigenvalue weighted by Crippen LogP contribution is -2.40. The normalized spacial score (nSPS) is 15.3. The molecule has 0 radical (unpaired) electrons. The highest BCUT2D eigenvalue weighted by Gasteiger charge is 2.25. The van der Waals surface area contributed by atoms with Gasteiger partial charge in [0.15, 0.2) is 5.65 Å². The average Bonchev–Trinajstić information content (AvgIpc) is 3.15. The van der Waals surface area contributed by atoms with Gasteiger partial charge in [0.1, 0.15) is 12.1 Å². The van der Waals surface area contributed by atoms with Crippen LogP contribution in [-0.4, -0.2) is 38.8 Å². The lowest BCUT2D eigenvalue weighted by molar-refractivity contribution is -0.125. The lowest BCUT2D eigenvalue weighted by atomic mass is 9.96. The summed E-state index contributed by atoms with van der Waals surface area (Å²) in [6.45, 7) is 2.06. The molecule has 0 aliphatic carbocycles. The molecule has 134 valence electrons. The number of benzene rings is 1. The van der Waals surface area contributed by atoms with Gasteiger partial charge in [-0.15, -0.1) is 15.3 Å². The molecule has 1 amide bonds. The smallest absolute Gasteiger partial charge is 0.223 e. The third-order valence-electron chi connectivity index (χ3n) is 4.75. The summed E-state index contributed by atoms with van der Waals surface area (Å²) in [6.07, 6.45) is 3.19. The Morgan fingerprint density at radius 1 is 1.19 bits per heavy atom. The van der Waals surface area contributed by atoms with E-state index in [0.717, 1.165) is 43.0 Å². The van der Waals surface area contributed by atoms with Crippen LogP contribution in [0.3, 0.4) is 0 Å². The van der Waals surface area contributed by atoms with E-state index in [0.29, 0.717) is 11.6 Å². The predicted molar refractivity (Wildman–Crippen MR) is 99.0 cm³/mol. The fourth-order valence-corrected chi connectivity index (χ4v) is 3.43. The molecule has 1 saturated heterocycles.